The van der Waals surface area contributed by atoms with E-state index in [4.69, 9.17) is 4.84 Å². The van der Waals surface area contributed by atoms with Gasteiger partial charge in [-0.2, -0.15) is 0 Å². The summed E-state index contributed by atoms with van der Waals surface area (Å²) >= 11 is 0. The van der Waals surface area contributed by atoms with Gasteiger partial charge in [-0.3, -0.25) is 4.79 Å². The molecule has 0 saturated heterocycles. The second-order valence-electron chi connectivity index (χ2n) is 4.87. The van der Waals surface area contributed by atoms with Crippen LogP contribution in [0.2, 0.25) is 0 Å². The van der Waals surface area contributed by atoms with Crippen molar-refractivity contribution >= 4 is 5.91 Å². The van der Waals surface area contributed by atoms with E-state index in [0.717, 1.165) is 29.7 Å². The van der Waals surface area contributed by atoms with Gasteiger partial charge in [0.05, 0.1) is 0 Å². The summed E-state index contributed by atoms with van der Waals surface area (Å²) in [5, 5.41) is 12.2. The number of allylic oxidation sites excluding steroid dienone is 2. The molecule has 1 aromatic rings. The van der Waals surface area contributed by atoms with Gasteiger partial charge in [0.1, 0.15) is 17.6 Å². The average Bonchev–Trinajstić information content (AvgIpc) is 2.89. The van der Waals surface area contributed by atoms with Gasteiger partial charge in [0.25, 0.3) is 0 Å². The lowest BCUT2D eigenvalue weighted by molar-refractivity contribution is -0.124. The summed E-state index contributed by atoms with van der Waals surface area (Å²) in [5.74, 6) is 0.837. The normalized spacial score (nSPS) is 20.5. The minimum atomic E-state index is -0.424. The molecule has 3 N–H and O–H groups in total. The summed E-state index contributed by atoms with van der Waals surface area (Å²) in [6.45, 7) is 0.379. The molecule has 1 aromatic carbocycles. The van der Waals surface area contributed by atoms with Crippen molar-refractivity contribution in [3.63, 3.8) is 0 Å². The first-order chi connectivity index (χ1) is 9.74. The van der Waals surface area contributed by atoms with Crippen LogP contribution in [0.3, 0.4) is 0 Å². The van der Waals surface area contributed by atoms with Crippen molar-refractivity contribution < 1.29 is 14.7 Å². The predicted octanol–water partition coefficient (Wildman–Crippen LogP) is 1.52. The Morgan fingerprint density at radius 3 is 3.25 bits per heavy atom. The van der Waals surface area contributed by atoms with Crippen LogP contribution in [0.5, 0.6) is 5.75 Å². The molecule has 20 heavy (non-hydrogen) atoms. The molecule has 2 aliphatic rings. The molecule has 0 radical (unpaired) electrons. The van der Waals surface area contributed by atoms with Crippen molar-refractivity contribution in [1.82, 2.24) is 10.8 Å². The Balaban J connectivity index is 1.63. The maximum absolute atomic E-state index is 12.2. The summed E-state index contributed by atoms with van der Waals surface area (Å²) in [6, 6.07) is 6.41. The summed E-state index contributed by atoms with van der Waals surface area (Å²) < 4.78 is 0. The minimum Gasteiger partial charge on any atom is -0.508 e. The highest BCUT2D eigenvalue weighted by atomic mass is 16.7. The lowest BCUT2D eigenvalue weighted by atomic mass is 9.97. The number of phenols is 1. The first-order valence-electron chi connectivity index (χ1n) is 6.61. The quantitative estimate of drug-likeness (QED) is 0.780. The zero-order valence-electron chi connectivity index (χ0n) is 10.9. The number of hydrogen-bond acceptors (Lipinski definition) is 4. The highest BCUT2D eigenvalue weighted by molar-refractivity contribution is 5.85. The Morgan fingerprint density at radius 2 is 2.40 bits per heavy atom. The van der Waals surface area contributed by atoms with Gasteiger partial charge < -0.3 is 15.3 Å². The Kier molecular flexibility index (Phi) is 3.43. The van der Waals surface area contributed by atoms with Gasteiger partial charge in [-0.25, -0.2) is 0 Å². The average molecular weight is 272 g/mol. The molecule has 0 bridgehead atoms. The summed E-state index contributed by atoms with van der Waals surface area (Å²) in [7, 11) is 0. The van der Waals surface area contributed by atoms with Crippen LogP contribution < -0.4 is 10.8 Å². The molecule has 1 aliphatic carbocycles. The van der Waals surface area contributed by atoms with E-state index in [1.807, 2.05) is 18.2 Å². The standard InChI is InChI=1S/C15H16N2O3/c18-11-5-3-4-10(8-11)9-16-15(19)14-12-6-1-2-7-13(12)20-17-14/h2-5,7-8,14,17-18H,1,6,9H2,(H,16,19). The van der Waals surface area contributed by atoms with Gasteiger partial charge in [0, 0.05) is 12.1 Å². The van der Waals surface area contributed by atoms with Crippen molar-refractivity contribution in [2.24, 2.45) is 0 Å². The Bertz CT molecular complexity index is 593. The Labute approximate surface area is 116 Å². The van der Waals surface area contributed by atoms with Crippen LogP contribution >= 0.6 is 0 Å². The van der Waals surface area contributed by atoms with Crippen LogP contribution in [0, 0.1) is 0 Å². The van der Waals surface area contributed by atoms with Crippen molar-refractivity contribution in [1.29, 1.82) is 0 Å². The lowest BCUT2D eigenvalue weighted by Crippen LogP contribution is -2.41. The van der Waals surface area contributed by atoms with Gasteiger partial charge in [-0.1, -0.05) is 18.2 Å². The van der Waals surface area contributed by atoms with Crippen LogP contribution in [-0.2, 0) is 16.2 Å². The van der Waals surface area contributed by atoms with E-state index in [2.05, 4.69) is 10.8 Å². The predicted molar refractivity (Wildman–Crippen MR) is 73.4 cm³/mol. The van der Waals surface area contributed by atoms with Crippen molar-refractivity contribution in [2.45, 2.75) is 25.4 Å². The largest absolute Gasteiger partial charge is 0.508 e. The zero-order chi connectivity index (χ0) is 13.9. The van der Waals surface area contributed by atoms with E-state index >= 15 is 0 Å². The molecule has 3 rings (SSSR count). The van der Waals surface area contributed by atoms with Crippen LogP contribution in [0.4, 0.5) is 0 Å². The molecular formula is C15H16N2O3. The molecule has 0 fully saturated rings. The van der Waals surface area contributed by atoms with Gasteiger partial charge in [0.2, 0.25) is 5.91 Å². The second-order valence-corrected chi connectivity index (χ2v) is 4.87. The molecule has 1 aliphatic heterocycles. The van der Waals surface area contributed by atoms with Crippen LogP contribution in [0.25, 0.3) is 0 Å². The van der Waals surface area contributed by atoms with Crippen molar-refractivity contribution in [3.05, 3.63) is 53.3 Å². The topological polar surface area (TPSA) is 70.6 Å². The minimum absolute atomic E-state index is 0.117. The molecule has 5 heteroatoms. The number of nitrogens with one attached hydrogen (secondary N) is 2. The molecule has 0 spiro atoms. The number of hydroxylamine groups is 1. The van der Waals surface area contributed by atoms with E-state index in [1.54, 1.807) is 18.2 Å². The third-order valence-corrected chi connectivity index (χ3v) is 3.44. The number of aromatic hydroxyl groups is 1. The molecular weight excluding hydrogens is 256 g/mol. The van der Waals surface area contributed by atoms with Crippen LogP contribution in [0.1, 0.15) is 18.4 Å². The molecule has 1 heterocycles. The lowest BCUT2D eigenvalue weighted by Gasteiger charge is -2.13. The van der Waals surface area contributed by atoms with E-state index in [1.165, 1.54) is 0 Å². The zero-order valence-corrected chi connectivity index (χ0v) is 10.9. The SMILES string of the molecule is O=C(NCc1cccc(O)c1)C1NOC2=C1CCC=C2. The van der Waals surface area contributed by atoms with E-state index < -0.39 is 6.04 Å². The number of hydrogen-bond donors (Lipinski definition) is 3. The number of amides is 1. The molecule has 0 saturated carbocycles. The monoisotopic (exact) mass is 272 g/mol. The number of carbonyl (C=O) groups is 1. The van der Waals surface area contributed by atoms with Gasteiger partial charge in [-0.05, 0) is 36.6 Å². The summed E-state index contributed by atoms with van der Waals surface area (Å²) in [5.41, 5.74) is 4.62. The van der Waals surface area contributed by atoms with E-state index in [-0.39, 0.29) is 11.7 Å². The highest BCUT2D eigenvalue weighted by Gasteiger charge is 2.32. The number of carbonyl (C=O) groups excluding carboxylic acids is 1. The Morgan fingerprint density at radius 1 is 1.50 bits per heavy atom. The maximum Gasteiger partial charge on any atom is 0.245 e. The third-order valence-electron chi connectivity index (χ3n) is 3.44. The third kappa shape index (κ3) is 2.53. The molecule has 0 aromatic heterocycles. The first-order valence-corrected chi connectivity index (χ1v) is 6.61. The number of benzene rings is 1. The molecule has 1 unspecified atom stereocenters. The first kappa shape index (κ1) is 12.7. The smallest absolute Gasteiger partial charge is 0.245 e. The van der Waals surface area contributed by atoms with Gasteiger partial charge in [0.15, 0.2) is 0 Å². The van der Waals surface area contributed by atoms with Gasteiger partial charge in [-0.15, -0.1) is 5.48 Å². The highest BCUT2D eigenvalue weighted by Crippen LogP contribution is 2.27. The fraction of sp³-hybridized carbons (Fsp3) is 0.267. The van der Waals surface area contributed by atoms with Crippen LogP contribution in [-0.4, -0.2) is 17.1 Å². The number of rotatable bonds is 3. The second kappa shape index (κ2) is 5.38. The molecule has 1 atom stereocenters. The molecule has 5 nitrogen and oxygen atoms in total. The van der Waals surface area contributed by atoms with Crippen LogP contribution in [0.15, 0.2) is 47.7 Å². The maximum atomic E-state index is 12.2. The van der Waals surface area contributed by atoms with Gasteiger partial charge >= 0.3 is 0 Å². The fourth-order valence-electron chi connectivity index (χ4n) is 2.41. The molecule has 104 valence electrons. The molecule has 1 amide bonds. The van der Waals surface area contributed by atoms with E-state index in [0.29, 0.717) is 6.54 Å². The summed E-state index contributed by atoms with van der Waals surface area (Å²) in [6.07, 6.45) is 5.70. The fourth-order valence-corrected chi connectivity index (χ4v) is 2.41. The summed E-state index contributed by atoms with van der Waals surface area (Å²) in [4.78, 5) is 17.5. The van der Waals surface area contributed by atoms with Crippen molar-refractivity contribution in [2.75, 3.05) is 0 Å². The number of phenolic OH excluding ortho intramolecular Hbond substituents is 1. The Hall–Kier alpha value is -2.27. The van der Waals surface area contributed by atoms with E-state index in [9.17, 15) is 9.90 Å². The van der Waals surface area contributed by atoms with Crippen molar-refractivity contribution in [3.8, 4) is 5.75 Å².